The molecule has 0 aliphatic carbocycles. The molecule has 0 bridgehead atoms. The van der Waals surface area contributed by atoms with Crippen molar-refractivity contribution in [2.45, 2.75) is 26.1 Å². The van der Waals surface area contributed by atoms with Gasteiger partial charge < -0.3 is 14.3 Å². The molecule has 2 rings (SSSR count). The highest BCUT2D eigenvalue weighted by atomic mass is 32.2. The number of nitrogens with zero attached hydrogens (tertiary/aromatic N) is 2. The Morgan fingerprint density at radius 3 is 2.90 bits per heavy atom. The van der Waals surface area contributed by atoms with Crippen molar-refractivity contribution in [2.24, 2.45) is 0 Å². The Labute approximate surface area is 122 Å². The van der Waals surface area contributed by atoms with Crippen molar-refractivity contribution in [3.63, 3.8) is 0 Å². The van der Waals surface area contributed by atoms with E-state index in [0.29, 0.717) is 18.8 Å². The second-order valence-corrected chi connectivity index (χ2v) is 5.43. The van der Waals surface area contributed by atoms with Gasteiger partial charge in [-0.1, -0.05) is 0 Å². The highest BCUT2D eigenvalue weighted by molar-refractivity contribution is 7.97. The van der Waals surface area contributed by atoms with Crippen molar-refractivity contribution in [1.29, 1.82) is 0 Å². The molecule has 0 radical (unpaired) electrons. The minimum Gasteiger partial charge on any atom is -0.455 e. The number of hydrogen-bond acceptors (Lipinski definition) is 4. The number of aryl methyl sites for hydroxylation is 1. The molecule has 0 aliphatic heterocycles. The highest BCUT2D eigenvalue weighted by Crippen LogP contribution is 2.13. The van der Waals surface area contributed by atoms with Crippen LogP contribution >= 0.6 is 11.8 Å². The number of hydrogen-bond donors (Lipinski definition) is 1. The van der Waals surface area contributed by atoms with Gasteiger partial charge >= 0.3 is 0 Å². The Bertz CT molecular complexity index is 589. The lowest BCUT2D eigenvalue weighted by atomic mass is 10.4. The molecule has 0 aromatic carbocycles. The largest absolute Gasteiger partial charge is 0.455 e. The SMILES string of the molecule is CSCc1ccc(C(=O)NCCn2cnc(C)c2C)o1. The number of furan rings is 1. The molecule has 2 aromatic heterocycles. The van der Waals surface area contributed by atoms with Crippen molar-refractivity contribution in [1.82, 2.24) is 14.9 Å². The van der Waals surface area contributed by atoms with Crippen LogP contribution in [0.3, 0.4) is 0 Å². The van der Waals surface area contributed by atoms with Gasteiger partial charge in [-0.2, -0.15) is 11.8 Å². The summed E-state index contributed by atoms with van der Waals surface area (Å²) in [5, 5.41) is 2.85. The van der Waals surface area contributed by atoms with Gasteiger partial charge in [0.05, 0.1) is 17.8 Å². The first-order valence-corrected chi connectivity index (χ1v) is 7.85. The third kappa shape index (κ3) is 3.45. The molecule has 0 saturated carbocycles. The first-order valence-electron chi connectivity index (χ1n) is 6.46. The number of aromatic nitrogens is 2. The fourth-order valence-corrected chi connectivity index (χ4v) is 2.31. The monoisotopic (exact) mass is 293 g/mol. The van der Waals surface area contributed by atoms with Gasteiger partial charge in [0, 0.05) is 18.8 Å². The standard InChI is InChI=1S/C14H19N3O2S/c1-10-11(2)17(9-16-10)7-6-15-14(18)13-5-4-12(19-13)8-20-3/h4-5,9H,6-8H2,1-3H3,(H,15,18). The van der Waals surface area contributed by atoms with Gasteiger partial charge in [0.15, 0.2) is 5.76 Å². The van der Waals surface area contributed by atoms with Crippen molar-refractivity contribution in [3.05, 3.63) is 41.4 Å². The number of carbonyl (C=O) groups excluding carboxylic acids is 1. The molecule has 1 amide bonds. The lowest BCUT2D eigenvalue weighted by molar-refractivity contribution is 0.0923. The van der Waals surface area contributed by atoms with Gasteiger partial charge in [0.2, 0.25) is 0 Å². The van der Waals surface area contributed by atoms with E-state index < -0.39 is 0 Å². The molecule has 6 heteroatoms. The predicted octanol–water partition coefficient (Wildman–Crippen LogP) is 2.39. The maximum atomic E-state index is 11.9. The van der Waals surface area contributed by atoms with Crippen LogP contribution in [0.1, 0.15) is 27.7 Å². The zero-order chi connectivity index (χ0) is 14.5. The van der Waals surface area contributed by atoms with Crippen molar-refractivity contribution >= 4 is 17.7 Å². The molecule has 0 unspecified atom stereocenters. The molecule has 2 heterocycles. The van der Waals surface area contributed by atoms with Gasteiger partial charge in [-0.05, 0) is 32.2 Å². The molecular formula is C14H19N3O2S. The summed E-state index contributed by atoms with van der Waals surface area (Å²) in [6.45, 7) is 5.25. The second kappa shape index (κ2) is 6.65. The maximum Gasteiger partial charge on any atom is 0.287 e. The van der Waals surface area contributed by atoms with Crippen molar-refractivity contribution in [3.8, 4) is 0 Å². The molecule has 0 fully saturated rings. The van der Waals surface area contributed by atoms with E-state index >= 15 is 0 Å². The molecule has 0 spiro atoms. The smallest absolute Gasteiger partial charge is 0.287 e. The van der Waals surface area contributed by atoms with Crippen molar-refractivity contribution in [2.75, 3.05) is 12.8 Å². The summed E-state index contributed by atoms with van der Waals surface area (Å²) in [6, 6.07) is 3.56. The Balaban J connectivity index is 1.84. The Morgan fingerprint density at radius 2 is 2.25 bits per heavy atom. The fourth-order valence-electron chi connectivity index (χ4n) is 1.87. The number of rotatable bonds is 6. The van der Waals surface area contributed by atoms with Crippen LogP contribution in [-0.2, 0) is 12.3 Å². The summed E-state index contributed by atoms with van der Waals surface area (Å²) in [4.78, 5) is 16.1. The lowest BCUT2D eigenvalue weighted by Gasteiger charge is -2.06. The molecule has 2 aromatic rings. The van der Waals surface area contributed by atoms with E-state index in [1.807, 2.05) is 30.7 Å². The van der Waals surface area contributed by atoms with Crippen LogP contribution in [0.5, 0.6) is 0 Å². The van der Waals surface area contributed by atoms with Gasteiger partial charge in [0.25, 0.3) is 5.91 Å². The maximum absolute atomic E-state index is 11.9. The average Bonchev–Trinajstić information content (AvgIpc) is 3.01. The van der Waals surface area contributed by atoms with E-state index in [1.54, 1.807) is 24.2 Å². The summed E-state index contributed by atoms with van der Waals surface area (Å²) in [6.07, 6.45) is 3.79. The first kappa shape index (κ1) is 14.7. The normalized spacial score (nSPS) is 10.8. The average molecular weight is 293 g/mol. The predicted molar refractivity (Wildman–Crippen MR) is 80.0 cm³/mol. The molecule has 0 atom stereocenters. The Morgan fingerprint density at radius 1 is 1.45 bits per heavy atom. The lowest BCUT2D eigenvalue weighted by Crippen LogP contribution is -2.27. The van der Waals surface area contributed by atoms with Crippen molar-refractivity contribution < 1.29 is 9.21 Å². The number of nitrogens with one attached hydrogen (secondary N) is 1. The number of thioether (sulfide) groups is 1. The Hall–Kier alpha value is -1.69. The molecule has 0 saturated heterocycles. The summed E-state index contributed by atoms with van der Waals surface area (Å²) < 4.78 is 7.49. The van der Waals surface area contributed by atoms with Crippen LogP contribution in [0.15, 0.2) is 22.9 Å². The molecule has 1 N–H and O–H groups in total. The molecule has 0 aliphatic rings. The fraction of sp³-hybridized carbons (Fsp3) is 0.429. The van der Waals surface area contributed by atoms with Crippen LogP contribution in [-0.4, -0.2) is 28.3 Å². The van der Waals surface area contributed by atoms with E-state index in [-0.39, 0.29) is 5.91 Å². The van der Waals surface area contributed by atoms with E-state index in [4.69, 9.17) is 4.42 Å². The van der Waals surface area contributed by atoms with Gasteiger partial charge in [0.1, 0.15) is 5.76 Å². The molecule has 5 nitrogen and oxygen atoms in total. The molecular weight excluding hydrogens is 274 g/mol. The third-order valence-electron chi connectivity index (χ3n) is 3.16. The topological polar surface area (TPSA) is 60.1 Å². The molecule has 20 heavy (non-hydrogen) atoms. The Kier molecular flexibility index (Phi) is 4.89. The highest BCUT2D eigenvalue weighted by Gasteiger charge is 2.10. The number of amides is 1. The quantitative estimate of drug-likeness (QED) is 0.888. The van der Waals surface area contributed by atoms with Crippen LogP contribution in [0.4, 0.5) is 0 Å². The van der Waals surface area contributed by atoms with Crippen LogP contribution in [0, 0.1) is 13.8 Å². The van der Waals surface area contributed by atoms with Gasteiger partial charge in [-0.15, -0.1) is 0 Å². The van der Waals surface area contributed by atoms with Crippen LogP contribution < -0.4 is 5.32 Å². The second-order valence-electron chi connectivity index (χ2n) is 4.56. The van der Waals surface area contributed by atoms with E-state index in [0.717, 1.165) is 22.9 Å². The summed E-state index contributed by atoms with van der Waals surface area (Å²) in [5.41, 5.74) is 2.14. The summed E-state index contributed by atoms with van der Waals surface area (Å²) >= 11 is 1.66. The van der Waals surface area contributed by atoms with E-state index in [1.165, 1.54) is 0 Å². The summed E-state index contributed by atoms with van der Waals surface area (Å²) in [7, 11) is 0. The minimum absolute atomic E-state index is 0.174. The van der Waals surface area contributed by atoms with Crippen LogP contribution in [0.25, 0.3) is 0 Å². The zero-order valence-electron chi connectivity index (χ0n) is 12.0. The van der Waals surface area contributed by atoms with Gasteiger partial charge in [-0.3, -0.25) is 4.79 Å². The first-order chi connectivity index (χ1) is 9.61. The van der Waals surface area contributed by atoms with Crippen LogP contribution in [0.2, 0.25) is 0 Å². The third-order valence-corrected chi connectivity index (χ3v) is 3.73. The van der Waals surface area contributed by atoms with E-state index in [2.05, 4.69) is 10.3 Å². The summed E-state index contributed by atoms with van der Waals surface area (Å²) in [5.74, 6) is 1.80. The number of carbonyl (C=O) groups is 1. The number of imidazole rings is 1. The minimum atomic E-state index is -0.174. The zero-order valence-corrected chi connectivity index (χ0v) is 12.8. The molecule has 108 valence electrons. The van der Waals surface area contributed by atoms with Gasteiger partial charge in [-0.25, -0.2) is 4.98 Å². The van der Waals surface area contributed by atoms with E-state index in [9.17, 15) is 4.79 Å².